The summed E-state index contributed by atoms with van der Waals surface area (Å²) < 4.78 is 19.1. The summed E-state index contributed by atoms with van der Waals surface area (Å²) in [6, 6.07) is 10.8. The van der Waals surface area contributed by atoms with E-state index < -0.39 is 0 Å². The highest BCUT2D eigenvalue weighted by atomic mass is 35.5. The Kier molecular flexibility index (Phi) is 4.53. The van der Waals surface area contributed by atoms with Gasteiger partial charge in [-0.05, 0) is 66.8 Å². The maximum Gasteiger partial charge on any atom is 0.123 e. The van der Waals surface area contributed by atoms with Crippen molar-refractivity contribution in [2.24, 2.45) is 0 Å². The smallest absolute Gasteiger partial charge is 0.123 e. The minimum Gasteiger partial charge on any atom is -0.496 e. The fraction of sp³-hybridized carbons (Fsp3) is 0.200. The van der Waals surface area contributed by atoms with Crippen LogP contribution in [0.25, 0.3) is 11.3 Å². The standard InChI is InChI=1S/C20H18ClFO/c1-3-20(23-2)14-8-7-13-5-4-6-16(17(13)11-14)18-12-15(22)9-10-19(18)21/h3,6-12H,4-5H2,1-2H3/b20-3-. The number of hydrogen-bond acceptors (Lipinski definition) is 1. The van der Waals surface area contributed by atoms with Crippen molar-refractivity contribution >= 4 is 22.9 Å². The molecule has 0 aliphatic heterocycles. The highest BCUT2D eigenvalue weighted by molar-refractivity contribution is 6.32. The van der Waals surface area contributed by atoms with Crippen LogP contribution in [0.5, 0.6) is 0 Å². The number of halogens is 2. The Morgan fingerprint density at radius 1 is 1.17 bits per heavy atom. The number of hydrogen-bond donors (Lipinski definition) is 0. The third kappa shape index (κ3) is 3.04. The Balaban J connectivity index is 2.15. The van der Waals surface area contributed by atoms with Crippen molar-refractivity contribution in [1.29, 1.82) is 0 Å². The van der Waals surface area contributed by atoms with E-state index >= 15 is 0 Å². The van der Waals surface area contributed by atoms with Crippen LogP contribution in [0.3, 0.4) is 0 Å². The van der Waals surface area contributed by atoms with Gasteiger partial charge in [0.2, 0.25) is 0 Å². The predicted octanol–water partition coefficient (Wildman–Crippen LogP) is 5.86. The van der Waals surface area contributed by atoms with Gasteiger partial charge in [0.15, 0.2) is 0 Å². The van der Waals surface area contributed by atoms with Crippen LogP contribution in [0.15, 0.2) is 48.6 Å². The second-order valence-corrected chi connectivity index (χ2v) is 5.92. The van der Waals surface area contributed by atoms with Crippen LogP contribution in [-0.2, 0) is 11.2 Å². The largest absolute Gasteiger partial charge is 0.496 e. The van der Waals surface area contributed by atoms with Crippen molar-refractivity contribution < 1.29 is 9.13 Å². The molecular weight excluding hydrogens is 311 g/mol. The Morgan fingerprint density at radius 2 is 2.00 bits per heavy atom. The molecule has 1 aliphatic carbocycles. The summed E-state index contributed by atoms with van der Waals surface area (Å²) in [6.07, 6.45) is 5.97. The van der Waals surface area contributed by atoms with Gasteiger partial charge in [-0.2, -0.15) is 0 Å². The van der Waals surface area contributed by atoms with Crippen LogP contribution in [0, 0.1) is 5.82 Å². The summed E-state index contributed by atoms with van der Waals surface area (Å²) in [5.41, 5.74) is 5.08. The van der Waals surface area contributed by atoms with Gasteiger partial charge in [-0.15, -0.1) is 0 Å². The Hall–Kier alpha value is -2.06. The van der Waals surface area contributed by atoms with Gasteiger partial charge < -0.3 is 4.74 Å². The molecule has 0 fully saturated rings. The first-order chi connectivity index (χ1) is 11.1. The van der Waals surface area contributed by atoms with E-state index in [4.69, 9.17) is 16.3 Å². The number of rotatable bonds is 3. The molecule has 23 heavy (non-hydrogen) atoms. The average molecular weight is 329 g/mol. The van der Waals surface area contributed by atoms with E-state index in [1.807, 2.05) is 13.0 Å². The molecule has 0 saturated carbocycles. The summed E-state index contributed by atoms with van der Waals surface area (Å²) in [4.78, 5) is 0. The number of ether oxygens (including phenoxy) is 1. The molecule has 0 amide bonds. The van der Waals surface area contributed by atoms with E-state index in [1.54, 1.807) is 13.2 Å². The Bertz CT molecular complexity index is 805. The second kappa shape index (κ2) is 6.59. The van der Waals surface area contributed by atoms with E-state index in [2.05, 4.69) is 24.3 Å². The molecular formula is C20H18ClFO. The highest BCUT2D eigenvalue weighted by Crippen LogP contribution is 2.36. The number of allylic oxidation sites excluding steroid dienone is 2. The third-order valence-corrected chi connectivity index (χ3v) is 4.48. The summed E-state index contributed by atoms with van der Waals surface area (Å²) in [6.45, 7) is 1.94. The van der Waals surface area contributed by atoms with Crippen LogP contribution in [0.1, 0.15) is 35.6 Å². The summed E-state index contributed by atoms with van der Waals surface area (Å²) in [5.74, 6) is 0.544. The van der Waals surface area contributed by atoms with Crippen molar-refractivity contribution in [2.45, 2.75) is 19.8 Å². The topological polar surface area (TPSA) is 9.23 Å². The summed E-state index contributed by atoms with van der Waals surface area (Å²) in [7, 11) is 1.66. The quantitative estimate of drug-likeness (QED) is 0.641. The molecule has 3 heteroatoms. The summed E-state index contributed by atoms with van der Waals surface area (Å²) in [5, 5.41) is 0.564. The minimum atomic E-state index is -0.278. The average Bonchev–Trinajstić information content (AvgIpc) is 2.57. The van der Waals surface area contributed by atoms with Crippen LogP contribution < -0.4 is 0 Å². The molecule has 0 atom stereocenters. The first-order valence-corrected chi connectivity index (χ1v) is 8.01. The van der Waals surface area contributed by atoms with Crippen LogP contribution in [0.4, 0.5) is 4.39 Å². The molecule has 0 spiro atoms. The third-order valence-electron chi connectivity index (χ3n) is 4.15. The van der Waals surface area contributed by atoms with Crippen molar-refractivity contribution in [3.63, 3.8) is 0 Å². The molecule has 1 aliphatic rings. The fourth-order valence-electron chi connectivity index (χ4n) is 3.04. The van der Waals surface area contributed by atoms with Crippen molar-refractivity contribution in [1.82, 2.24) is 0 Å². The van der Waals surface area contributed by atoms with Gasteiger partial charge >= 0.3 is 0 Å². The maximum atomic E-state index is 13.7. The molecule has 3 rings (SSSR count). The monoisotopic (exact) mass is 328 g/mol. The summed E-state index contributed by atoms with van der Waals surface area (Å²) >= 11 is 6.31. The molecule has 0 saturated heterocycles. The van der Waals surface area contributed by atoms with Gasteiger partial charge in [-0.1, -0.05) is 29.8 Å². The van der Waals surface area contributed by atoms with Gasteiger partial charge in [0.05, 0.1) is 7.11 Å². The van der Waals surface area contributed by atoms with Gasteiger partial charge in [0.1, 0.15) is 11.6 Å². The van der Waals surface area contributed by atoms with E-state index in [1.165, 1.54) is 17.7 Å². The molecule has 2 aromatic rings. The molecule has 2 aromatic carbocycles. The molecule has 0 unspecified atom stereocenters. The Morgan fingerprint density at radius 3 is 2.74 bits per heavy atom. The fourth-order valence-corrected chi connectivity index (χ4v) is 3.26. The lowest BCUT2D eigenvalue weighted by Gasteiger charge is -2.20. The van der Waals surface area contributed by atoms with E-state index in [-0.39, 0.29) is 5.82 Å². The zero-order chi connectivity index (χ0) is 16.4. The molecule has 0 bridgehead atoms. The molecule has 118 valence electrons. The number of aryl methyl sites for hydroxylation is 1. The SMILES string of the molecule is C/C=C(\OC)c1ccc2c(c1)C(c1cc(F)ccc1Cl)=CCC2. The lowest BCUT2D eigenvalue weighted by Crippen LogP contribution is -2.03. The number of benzene rings is 2. The number of methoxy groups -OCH3 is 1. The zero-order valence-corrected chi connectivity index (χ0v) is 14.0. The van der Waals surface area contributed by atoms with Gasteiger partial charge in [-0.3, -0.25) is 0 Å². The normalized spacial score (nSPS) is 14.3. The van der Waals surface area contributed by atoms with E-state index in [0.29, 0.717) is 5.02 Å². The van der Waals surface area contributed by atoms with Crippen molar-refractivity contribution in [3.8, 4) is 0 Å². The van der Waals surface area contributed by atoms with Crippen molar-refractivity contribution in [2.75, 3.05) is 7.11 Å². The first kappa shape index (κ1) is 15.8. The van der Waals surface area contributed by atoms with E-state index in [9.17, 15) is 4.39 Å². The molecule has 0 aromatic heterocycles. The predicted molar refractivity (Wildman–Crippen MR) is 93.9 cm³/mol. The van der Waals surface area contributed by atoms with Crippen LogP contribution >= 0.6 is 11.6 Å². The minimum absolute atomic E-state index is 0.278. The Labute approximate surface area is 141 Å². The second-order valence-electron chi connectivity index (χ2n) is 5.51. The lowest BCUT2D eigenvalue weighted by atomic mass is 9.85. The zero-order valence-electron chi connectivity index (χ0n) is 13.2. The highest BCUT2D eigenvalue weighted by Gasteiger charge is 2.18. The van der Waals surface area contributed by atoms with Gasteiger partial charge in [-0.25, -0.2) is 4.39 Å². The lowest BCUT2D eigenvalue weighted by molar-refractivity contribution is 0.369. The molecule has 0 radical (unpaired) electrons. The van der Waals surface area contributed by atoms with E-state index in [0.717, 1.165) is 40.9 Å². The molecule has 1 nitrogen and oxygen atoms in total. The van der Waals surface area contributed by atoms with Crippen LogP contribution in [0.2, 0.25) is 5.02 Å². The number of fused-ring (bicyclic) bond motifs is 1. The van der Waals surface area contributed by atoms with Gasteiger partial charge in [0, 0.05) is 16.1 Å². The molecule has 0 heterocycles. The molecule has 0 N–H and O–H groups in total. The maximum absolute atomic E-state index is 13.7. The first-order valence-electron chi connectivity index (χ1n) is 7.63. The van der Waals surface area contributed by atoms with Gasteiger partial charge in [0.25, 0.3) is 0 Å². The van der Waals surface area contributed by atoms with Crippen LogP contribution in [-0.4, -0.2) is 7.11 Å². The van der Waals surface area contributed by atoms with Crippen molar-refractivity contribution in [3.05, 3.63) is 81.6 Å².